The Morgan fingerprint density at radius 1 is 0.909 bits per heavy atom. The smallest absolute Gasteiger partial charge is 0.00606 e. The molecule has 2 aliphatic rings. The van der Waals surface area contributed by atoms with Gasteiger partial charge in [-0.3, -0.25) is 0 Å². The van der Waals surface area contributed by atoms with Gasteiger partial charge in [0, 0.05) is 0 Å². The van der Waals surface area contributed by atoms with Gasteiger partial charge in [0.15, 0.2) is 0 Å². The molecular formula is C20H23P2-. The number of benzene rings is 2. The minimum absolute atomic E-state index is 0.0189. The predicted octanol–water partition coefficient (Wildman–Crippen LogP) is 6.72. The summed E-state index contributed by atoms with van der Waals surface area (Å²) in [5.74, 6) is 0. The molecule has 2 heteroatoms. The van der Waals surface area contributed by atoms with E-state index in [-0.39, 0.29) is 7.92 Å². The summed E-state index contributed by atoms with van der Waals surface area (Å²) < 4.78 is 0. The van der Waals surface area contributed by atoms with E-state index in [4.69, 9.17) is 0 Å². The van der Waals surface area contributed by atoms with Gasteiger partial charge in [-0.05, 0) is 28.1 Å². The van der Waals surface area contributed by atoms with E-state index in [0.717, 1.165) is 5.66 Å². The average Bonchev–Trinajstić information content (AvgIpc) is 3.07. The highest BCUT2D eigenvalue weighted by Gasteiger charge is 2.40. The SMILES string of the molecule is CC(C)(C)P1Cc2ccccc2C1C1[P-]Cc2ccccc21. The van der Waals surface area contributed by atoms with Crippen LogP contribution < -0.4 is 0 Å². The van der Waals surface area contributed by atoms with Crippen LogP contribution >= 0.6 is 16.5 Å². The second-order valence-electron chi connectivity index (χ2n) is 7.43. The van der Waals surface area contributed by atoms with E-state index in [9.17, 15) is 0 Å². The van der Waals surface area contributed by atoms with E-state index in [1.807, 2.05) is 0 Å². The van der Waals surface area contributed by atoms with Crippen LogP contribution in [-0.2, 0) is 12.3 Å². The maximum atomic E-state index is 2.45. The van der Waals surface area contributed by atoms with Crippen molar-refractivity contribution >= 4 is 16.5 Å². The van der Waals surface area contributed by atoms with Gasteiger partial charge in [0.05, 0.1) is 0 Å². The Labute approximate surface area is 137 Å². The molecule has 0 saturated carbocycles. The molecule has 0 N–H and O–H groups in total. The van der Waals surface area contributed by atoms with Crippen LogP contribution in [0.3, 0.4) is 0 Å². The summed E-state index contributed by atoms with van der Waals surface area (Å²) in [6.07, 6.45) is 2.56. The molecule has 2 aromatic rings. The van der Waals surface area contributed by atoms with Crippen LogP contribution in [0, 0.1) is 0 Å². The first kappa shape index (κ1) is 14.9. The van der Waals surface area contributed by atoms with Crippen molar-refractivity contribution in [3.05, 3.63) is 70.8 Å². The van der Waals surface area contributed by atoms with E-state index in [0.29, 0.717) is 10.8 Å². The first-order chi connectivity index (χ1) is 10.6. The van der Waals surface area contributed by atoms with Crippen LogP contribution in [0.15, 0.2) is 48.5 Å². The monoisotopic (exact) mass is 325 g/mol. The van der Waals surface area contributed by atoms with Gasteiger partial charge in [-0.1, -0.05) is 88.4 Å². The van der Waals surface area contributed by atoms with Gasteiger partial charge in [-0.15, -0.1) is 5.66 Å². The molecule has 3 unspecified atom stereocenters. The Morgan fingerprint density at radius 3 is 2.27 bits per heavy atom. The fraction of sp³-hybridized carbons (Fsp3) is 0.400. The Bertz CT molecular complexity index is 699. The topological polar surface area (TPSA) is 0 Å². The molecule has 0 amide bonds. The van der Waals surface area contributed by atoms with Crippen molar-refractivity contribution in [3.63, 3.8) is 0 Å². The lowest BCUT2D eigenvalue weighted by Gasteiger charge is -2.41. The van der Waals surface area contributed by atoms with Crippen LogP contribution in [0.1, 0.15) is 54.3 Å². The zero-order valence-corrected chi connectivity index (χ0v) is 15.4. The van der Waals surface area contributed by atoms with Crippen molar-refractivity contribution in [2.24, 2.45) is 0 Å². The van der Waals surface area contributed by atoms with E-state index < -0.39 is 0 Å². The van der Waals surface area contributed by atoms with Crippen LogP contribution in [0.2, 0.25) is 0 Å². The van der Waals surface area contributed by atoms with Gasteiger partial charge in [0.2, 0.25) is 0 Å². The second-order valence-corrected chi connectivity index (χ2v) is 11.8. The zero-order valence-electron chi connectivity index (χ0n) is 13.6. The van der Waals surface area contributed by atoms with Gasteiger partial charge >= 0.3 is 0 Å². The van der Waals surface area contributed by atoms with Crippen LogP contribution in [0.4, 0.5) is 0 Å². The van der Waals surface area contributed by atoms with Gasteiger partial charge in [-0.2, -0.15) is 6.16 Å². The highest BCUT2D eigenvalue weighted by Crippen LogP contribution is 2.74. The third-order valence-electron chi connectivity index (χ3n) is 5.04. The number of rotatable bonds is 1. The molecule has 0 fully saturated rings. The Balaban J connectivity index is 1.81. The van der Waals surface area contributed by atoms with Crippen molar-refractivity contribution in [1.82, 2.24) is 0 Å². The summed E-state index contributed by atoms with van der Waals surface area (Å²) in [7, 11) is 1.60. The molecule has 114 valence electrons. The van der Waals surface area contributed by atoms with Crippen molar-refractivity contribution in [2.45, 2.75) is 49.6 Å². The minimum Gasteiger partial charge on any atom is -0.526 e. The first-order valence-corrected chi connectivity index (χ1v) is 10.9. The molecule has 2 heterocycles. The third kappa shape index (κ3) is 2.36. The summed E-state index contributed by atoms with van der Waals surface area (Å²) in [4.78, 5) is 0. The standard InChI is InChI=1S/C20H23P2/c1-20(2,3)22-13-15-9-5-7-11-17(15)19(22)18-16-10-6-4-8-14(16)12-21-18/h4-11,18-19H,12-13H2,1-3H3/q-1. The van der Waals surface area contributed by atoms with Crippen molar-refractivity contribution < 1.29 is 0 Å². The number of hydrogen-bond donors (Lipinski definition) is 0. The third-order valence-corrected chi connectivity index (χ3v) is 10.4. The molecule has 2 aliphatic heterocycles. The molecule has 0 saturated heterocycles. The molecule has 0 spiro atoms. The quantitative estimate of drug-likeness (QED) is 0.510. The molecule has 0 radical (unpaired) electrons. The fourth-order valence-corrected chi connectivity index (χ4v) is 9.45. The van der Waals surface area contributed by atoms with E-state index >= 15 is 0 Å². The number of hydrogen-bond acceptors (Lipinski definition) is 0. The summed E-state index contributed by atoms with van der Waals surface area (Å²) in [5.41, 5.74) is 7.94. The molecule has 0 nitrogen and oxygen atoms in total. The molecule has 3 atom stereocenters. The van der Waals surface area contributed by atoms with Crippen LogP contribution in [0.25, 0.3) is 0 Å². The van der Waals surface area contributed by atoms with Crippen LogP contribution in [0.5, 0.6) is 0 Å². The Morgan fingerprint density at radius 2 is 1.55 bits per heavy atom. The maximum absolute atomic E-state index is 2.45. The molecular weight excluding hydrogens is 302 g/mol. The van der Waals surface area contributed by atoms with Gasteiger partial charge < -0.3 is 8.58 Å². The summed E-state index contributed by atoms with van der Waals surface area (Å²) >= 11 is 0. The average molecular weight is 325 g/mol. The molecule has 0 aromatic heterocycles. The largest absolute Gasteiger partial charge is 0.526 e. The molecule has 0 bridgehead atoms. The predicted molar refractivity (Wildman–Crippen MR) is 99.4 cm³/mol. The lowest BCUT2D eigenvalue weighted by Crippen LogP contribution is -2.16. The summed E-state index contributed by atoms with van der Waals surface area (Å²) in [6.45, 7) is 7.36. The minimum atomic E-state index is -0.0189. The van der Waals surface area contributed by atoms with Gasteiger partial charge in [-0.25, -0.2) is 0 Å². The Hall–Kier alpha value is -0.700. The Kier molecular flexibility index (Phi) is 3.67. The maximum Gasteiger partial charge on any atom is -0.00606 e. The lowest BCUT2D eigenvalue weighted by molar-refractivity contribution is 0.758. The normalized spacial score (nSPS) is 27.9. The number of fused-ring (bicyclic) bond motifs is 2. The zero-order chi connectivity index (χ0) is 15.3. The highest BCUT2D eigenvalue weighted by atomic mass is 31.1. The van der Waals surface area contributed by atoms with Gasteiger partial charge in [0.25, 0.3) is 0 Å². The lowest BCUT2D eigenvalue weighted by atomic mass is 9.98. The first-order valence-electron chi connectivity index (χ1n) is 8.14. The van der Waals surface area contributed by atoms with Crippen molar-refractivity contribution in [1.29, 1.82) is 0 Å². The van der Waals surface area contributed by atoms with Crippen LogP contribution in [-0.4, -0.2) is 5.16 Å². The fourth-order valence-electron chi connectivity index (χ4n) is 3.94. The second kappa shape index (κ2) is 5.43. The summed E-state index contributed by atoms with van der Waals surface area (Å²) in [6, 6.07) is 18.4. The van der Waals surface area contributed by atoms with Gasteiger partial charge in [0.1, 0.15) is 0 Å². The molecule has 0 aliphatic carbocycles. The van der Waals surface area contributed by atoms with Crippen molar-refractivity contribution in [2.75, 3.05) is 0 Å². The highest BCUT2D eigenvalue weighted by molar-refractivity contribution is 7.60. The van der Waals surface area contributed by atoms with E-state index in [1.54, 1.807) is 30.8 Å². The molecule has 4 rings (SSSR count). The van der Waals surface area contributed by atoms with Crippen molar-refractivity contribution in [3.8, 4) is 0 Å². The summed E-state index contributed by atoms with van der Waals surface area (Å²) in [5, 5.41) is 0.423. The van der Waals surface area contributed by atoms with E-state index in [2.05, 4.69) is 69.3 Å². The molecule has 22 heavy (non-hydrogen) atoms. The van der Waals surface area contributed by atoms with E-state index in [1.165, 1.54) is 12.3 Å². The molecule has 2 aromatic carbocycles.